The number of nitriles is 1. The first-order valence-corrected chi connectivity index (χ1v) is 3.90. The zero-order valence-corrected chi connectivity index (χ0v) is 7.72. The molecule has 0 bridgehead atoms. The van der Waals surface area contributed by atoms with Gasteiger partial charge in [0.05, 0.1) is 10.5 Å². The van der Waals surface area contributed by atoms with Crippen LogP contribution in [-0.4, -0.2) is 15.8 Å². The van der Waals surface area contributed by atoms with E-state index in [1.54, 1.807) is 6.07 Å². The van der Waals surface area contributed by atoms with Gasteiger partial charge in [-0.2, -0.15) is 5.26 Å². The molecule has 1 N–H and O–H groups in total. The fraction of sp³-hybridized carbons (Fsp3) is 0.111. The molecule has 0 saturated heterocycles. The average Bonchev–Trinajstić information content (AvgIpc) is 2.15. The smallest absolute Gasteiger partial charge is 0.329 e. The summed E-state index contributed by atoms with van der Waals surface area (Å²) in [6, 6.07) is 3.89. The number of phenolic OH excluding ortho intramolecular Hbond substituents is 1. The lowest BCUT2D eigenvalue weighted by Gasteiger charge is -2.02. The van der Waals surface area contributed by atoms with Crippen molar-refractivity contribution in [3.05, 3.63) is 33.4 Å². The van der Waals surface area contributed by atoms with E-state index in [0.717, 1.165) is 6.07 Å². The second-order valence-electron chi connectivity index (χ2n) is 2.78. The Morgan fingerprint density at radius 2 is 2.20 bits per heavy atom. The Hall–Kier alpha value is -2.42. The maximum Gasteiger partial charge on any atom is 0.329 e. The van der Waals surface area contributed by atoms with Crippen LogP contribution in [0.3, 0.4) is 0 Å². The van der Waals surface area contributed by atoms with E-state index < -0.39 is 22.1 Å². The highest BCUT2D eigenvalue weighted by molar-refractivity contribution is 5.98. The second kappa shape index (κ2) is 3.75. The molecule has 1 aromatic carbocycles. The van der Waals surface area contributed by atoms with Crippen LogP contribution in [0.5, 0.6) is 5.75 Å². The lowest BCUT2D eigenvalue weighted by atomic mass is 10.1. The van der Waals surface area contributed by atoms with Gasteiger partial charge in [-0.25, -0.2) is 0 Å². The molecule has 0 aliphatic heterocycles. The van der Waals surface area contributed by atoms with Gasteiger partial charge in [0.2, 0.25) is 5.75 Å². The first-order valence-electron chi connectivity index (χ1n) is 3.90. The Bertz CT molecular complexity index is 488. The molecule has 0 unspecified atom stereocenters. The summed E-state index contributed by atoms with van der Waals surface area (Å²) in [5.74, 6) is -1.26. The third kappa shape index (κ3) is 1.76. The van der Waals surface area contributed by atoms with Crippen LogP contribution in [0.15, 0.2) is 12.1 Å². The van der Waals surface area contributed by atoms with E-state index >= 15 is 0 Å². The Labute approximate surface area is 84.5 Å². The van der Waals surface area contributed by atoms with Crippen LogP contribution >= 0.6 is 0 Å². The number of ketones is 1. The van der Waals surface area contributed by atoms with E-state index in [1.165, 1.54) is 13.0 Å². The van der Waals surface area contributed by atoms with Crippen molar-refractivity contribution in [2.75, 3.05) is 0 Å². The zero-order chi connectivity index (χ0) is 11.6. The quantitative estimate of drug-likeness (QED) is 0.447. The maximum absolute atomic E-state index is 11.0. The van der Waals surface area contributed by atoms with Gasteiger partial charge in [-0.3, -0.25) is 14.9 Å². The number of phenols is 1. The number of carbonyl (C=O) groups excluding carboxylic acids is 1. The Kier molecular flexibility index (Phi) is 2.67. The molecule has 0 aliphatic carbocycles. The summed E-state index contributed by atoms with van der Waals surface area (Å²) in [5, 5.41) is 28.6. The van der Waals surface area contributed by atoms with Gasteiger partial charge in [0.1, 0.15) is 11.6 Å². The number of hydrogen-bond donors (Lipinski definition) is 1. The van der Waals surface area contributed by atoms with Crippen LogP contribution in [0, 0.1) is 21.4 Å². The summed E-state index contributed by atoms with van der Waals surface area (Å²) in [5.41, 5.74) is -1.17. The minimum Gasteiger partial charge on any atom is -0.502 e. The van der Waals surface area contributed by atoms with Gasteiger partial charge in [0.15, 0.2) is 5.78 Å². The molecule has 1 aromatic rings. The number of hydrogen-bond acceptors (Lipinski definition) is 5. The van der Waals surface area contributed by atoms with E-state index in [0.29, 0.717) is 0 Å². The first kappa shape index (κ1) is 10.7. The number of Topliss-reactive ketones (excluding diaryl/α,β-unsaturated/α-hetero) is 1. The van der Waals surface area contributed by atoms with Crippen molar-refractivity contribution in [1.82, 2.24) is 0 Å². The molecule has 0 radical (unpaired) electrons. The summed E-state index contributed by atoms with van der Waals surface area (Å²) < 4.78 is 0. The predicted molar refractivity (Wildman–Crippen MR) is 49.5 cm³/mol. The third-order valence-electron chi connectivity index (χ3n) is 1.83. The summed E-state index contributed by atoms with van der Waals surface area (Å²) in [7, 11) is 0. The van der Waals surface area contributed by atoms with E-state index in [2.05, 4.69) is 0 Å². The van der Waals surface area contributed by atoms with Crippen LogP contribution in [0.1, 0.15) is 22.8 Å². The highest BCUT2D eigenvalue weighted by Crippen LogP contribution is 2.33. The molecule has 1 rings (SSSR count). The van der Waals surface area contributed by atoms with Gasteiger partial charge in [-0.05, 0) is 19.1 Å². The molecule has 0 saturated carbocycles. The number of carbonyl (C=O) groups is 1. The van der Waals surface area contributed by atoms with E-state index in [1.807, 2.05) is 0 Å². The van der Waals surface area contributed by atoms with Crippen molar-refractivity contribution in [2.24, 2.45) is 0 Å². The minimum atomic E-state index is -0.889. The fourth-order valence-electron chi connectivity index (χ4n) is 1.14. The number of nitro benzene ring substituents is 1. The molecule has 76 valence electrons. The highest BCUT2D eigenvalue weighted by Gasteiger charge is 2.24. The molecule has 6 nitrogen and oxygen atoms in total. The van der Waals surface area contributed by atoms with Gasteiger partial charge in [-0.15, -0.1) is 0 Å². The van der Waals surface area contributed by atoms with Gasteiger partial charge < -0.3 is 5.11 Å². The number of nitro groups is 1. The van der Waals surface area contributed by atoms with Crippen LogP contribution in [-0.2, 0) is 0 Å². The van der Waals surface area contributed by atoms with Crippen LogP contribution in [0.4, 0.5) is 5.69 Å². The molecule has 0 amide bonds. The molecule has 15 heavy (non-hydrogen) atoms. The molecule has 0 heterocycles. The Morgan fingerprint density at radius 3 is 2.60 bits per heavy atom. The monoisotopic (exact) mass is 206 g/mol. The van der Waals surface area contributed by atoms with Gasteiger partial charge >= 0.3 is 5.69 Å². The van der Waals surface area contributed by atoms with Crippen molar-refractivity contribution in [3.8, 4) is 11.8 Å². The summed E-state index contributed by atoms with van der Waals surface area (Å²) in [4.78, 5) is 20.6. The molecule has 6 heteroatoms. The number of benzene rings is 1. The van der Waals surface area contributed by atoms with Crippen LogP contribution in [0.2, 0.25) is 0 Å². The van der Waals surface area contributed by atoms with Crippen molar-refractivity contribution in [2.45, 2.75) is 6.92 Å². The Morgan fingerprint density at radius 1 is 1.60 bits per heavy atom. The lowest BCUT2D eigenvalue weighted by Crippen LogP contribution is -1.99. The molecule has 0 atom stereocenters. The second-order valence-corrected chi connectivity index (χ2v) is 2.78. The summed E-state index contributed by atoms with van der Waals surface area (Å²) in [6.45, 7) is 1.17. The summed E-state index contributed by atoms with van der Waals surface area (Å²) in [6.07, 6.45) is 0. The van der Waals surface area contributed by atoms with Gasteiger partial charge in [-0.1, -0.05) is 0 Å². The molecular weight excluding hydrogens is 200 g/mol. The highest BCUT2D eigenvalue weighted by atomic mass is 16.6. The van der Waals surface area contributed by atoms with Crippen molar-refractivity contribution in [1.29, 1.82) is 5.26 Å². The van der Waals surface area contributed by atoms with Gasteiger partial charge in [0, 0.05) is 0 Å². The molecule has 0 aromatic heterocycles. The summed E-state index contributed by atoms with van der Waals surface area (Å²) >= 11 is 0. The number of nitrogens with zero attached hydrogens (tertiary/aromatic N) is 2. The third-order valence-corrected chi connectivity index (χ3v) is 1.83. The first-order chi connectivity index (χ1) is 6.99. The van der Waals surface area contributed by atoms with E-state index in [-0.39, 0.29) is 11.1 Å². The molecule has 0 spiro atoms. The van der Waals surface area contributed by atoms with Crippen LogP contribution < -0.4 is 0 Å². The molecular formula is C9H6N2O4. The van der Waals surface area contributed by atoms with E-state index in [9.17, 15) is 20.0 Å². The van der Waals surface area contributed by atoms with E-state index in [4.69, 9.17) is 5.26 Å². The number of rotatable bonds is 2. The van der Waals surface area contributed by atoms with Crippen molar-refractivity contribution < 1.29 is 14.8 Å². The van der Waals surface area contributed by atoms with Gasteiger partial charge in [0.25, 0.3) is 0 Å². The van der Waals surface area contributed by atoms with Crippen molar-refractivity contribution in [3.63, 3.8) is 0 Å². The largest absolute Gasteiger partial charge is 0.502 e. The van der Waals surface area contributed by atoms with Crippen molar-refractivity contribution >= 4 is 11.5 Å². The zero-order valence-electron chi connectivity index (χ0n) is 7.72. The minimum absolute atomic E-state index is 0.166. The molecule has 0 aliphatic rings. The number of aromatic hydroxyl groups is 1. The maximum atomic E-state index is 11.0. The topological polar surface area (TPSA) is 104 Å². The average molecular weight is 206 g/mol. The predicted octanol–water partition coefficient (Wildman–Crippen LogP) is 1.37. The fourth-order valence-corrected chi connectivity index (χ4v) is 1.14. The SMILES string of the molecule is CC(=O)c1ccc(C#N)c([N+](=O)[O-])c1O. The standard InChI is InChI=1S/C9H6N2O4/c1-5(12)7-3-2-6(4-10)8(9(7)13)11(14)15/h2-3,13H,1H3. The normalized spacial score (nSPS) is 9.33. The Balaban J connectivity index is 3.58. The molecule has 0 fully saturated rings. The van der Waals surface area contributed by atoms with Crippen LogP contribution in [0.25, 0.3) is 0 Å². The lowest BCUT2D eigenvalue weighted by molar-refractivity contribution is -0.386.